The largest absolute Gasteiger partial charge is 0.458 e. The molecule has 7 nitrogen and oxygen atoms in total. The number of halogens is 1. The van der Waals surface area contributed by atoms with Crippen molar-refractivity contribution in [3.63, 3.8) is 0 Å². The van der Waals surface area contributed by atoms with Crippen LogP contribution in [0.15, 0.2) is 0 Å². The van der Waals surface area contributed by atoms with Crippen LogP contribution in [0.4, 0.5) is 0 Å². The maximum atomic E-state index is 12.1. The molecule has 132 valence electrons. The number of aromatic nitrogens is 2. The highest BCUT2D eigenvalue weighted by Crippen LogP contribution is 2.13. The Hall–Kier alpha value is -1.60. The van der Waals surface area contributed by atoms with Gasteiger partial charge < -0.3 is 19.2 Å². The lowest BCUT2D eigenvalue weighted by Crippen LogP contribution is -2.18. The normalized spacial score (nSPS) is 10.8. The van der Waals surface area contributed by atoms with E-state index < -0.39 is 11.9 Å². The van der Waals surface area contributed by atoms with E-state index in [4.69, 9.17) is 14.2 Å². The van der Waals surface area contributed by atoms with E-state index in [1.165, 1.54) is 0 Å². The molecule has 0 bridgehead atoms. The SMILES string of the molecule is CC(C)OCc1nc(C(=O)OC(C)C)c(C(=O)OC(C)C)[nH]1.Cl. The van der Waals surface area contributed by atoms with Crippen molar-refractivity contribution < 1.29 is 23.8 Å². The molecule has 0 fully saturated rings. The van der Waals surface area contributed by atoms with E-state index in [9.17, 15) is 9.59 Å². The van der Waals surface area contributed by atoms with Crippen LogP contribution in [0, 0.1) is 0 Å². The van der Waals surface area contributed by atoms with Crippen LogP contribution in [0.2, 0.25) is 0 Å². The van der Waals surface area contributed by atoms with Crippen LogP contribution in [-0.2, 0) is 20.8 Å². The number of carbonyl (C=O) groups is 2. The molecular weight excluding hydrogens is 324 g/mol. The third-order valence-electron chi connectivity index (χ3n) is 2.39. The lowest BCUT2D eigenvalue weighted by atomic mass is 10.3. The summed E-state index contributed by atoms with van der Waals surface area (Å²) < 4.78 is 15.6. The highest BCUT2D eigenvalue weighted by atomic mass is 35.5. The molecule has 23 heavy (non-hydrogen) atoms. The Morgan fingerprint density at radius 3 is 1.96 bits per heavy atom. The lowest BCUT2D eigenvalue weighted by Gasteiger charge is -2.09. The van der Waals surface area contributed by atoms with Crippen LogP contribution in [0.1, 0.15) is 68.3 Å². The Labute approximate surface area is 142 Å². The number of aromatic amines is 1. The zero-order valence-corrected chi connectivity index (χ0v) is 15.2. The molecule has 1 heterocycles. The van der Waals surface area contributed by atoms with Crippen molar-refractivity contribution in [3.05, 3.63) is 17.2 Å². The van der Waals surface area contributed by atoms with Gasteiger partial charge in [-0.1, -0.05) is 0 Å². The molecule has 0 aliphatic rings. The topological polar surface area (TPSA) is 90.5 Å². The van der Waals surface area contributed by atoms with Gasteiger partial charge >= 0.3 is 11.9 Å². The van der Waals surface area contributed by atoms with Crippen molar-refractivity contribution in [2.24, 2.45) is 0 Å². The van der Waals surface area contributed by atoms with Crippen molar-refractivity contribution in [2.75, 3.05) is 0 Å². The highest BCUT2D eigenvalue weighted by Gasteiger charge is 2.26. The molecule has 0 aliphatic carbocycles. The van der Waals surface area contributed by atoms with Gasteiger partial charge in [0, 0.05) is 0 Å². The number of esters is 2. The van der Waals surface area contributed by atoms with Gasteiger partial charge in [-0.3, -0.25) is 0 Å². The summed E-state index contributed by atoms with van der Waals surface area (Å²) in [5.41, 5.74) is -0.0941. The molecule has 1 rings (SSSR count). The lowest BCUT2D eigenvalue weighted by molar-refractivity contribution is 0.0320. The van der Waals surface area contributed by atoms with Gasteiger partial charge in [0.25, 0.3) is 0 Å². The summed E-state index contributed by atoms with van der Waals surface area (Å²) in [5.74, 6) is -0.938. The molecular formula is C15H25ClN2O5. The van der Waals surface area contributed by atoms with Crippen LogP contribution in [-0.4, -0.2) is 40.2 Å². The Morgan fingerprint density at radius 1 is 0.957 bits per heavy atom. The van der Waals surface area contributed by atoms with Crippen molar-refractivity contribution in [3.8, 4) is 0 Å². The summed E-state index contributed by atoms with van der Waals surface area (Å²) in [6.45, 7) is 10.8. The summed E-state index contributed by atoms with van der Waals surface area (Å²) >= 11 is 0. The van der Waals surface area contributed by atoms with Gasteiger partial charge in [0.2, 0.25) is 0 Å². The molecule has 0 aliphatic heterocycles. The minimum atomic E-state index is -0.669. The Morgan fingerprint density at radius 2 is 1.48 bits per heavy atom. The molecule has 1 aromatic heterocycles. The second-order valence-electron chi connectivity index (χ2n) is 5.67. The van der Waals surface area contributed by atoms with Crippen molar-refractivity contribution >= 4 is 24.3 Å². The van der Waals surface area contributed by atoms with Crippen LogP contribution in [0.5, 0.6) is 0 Å². The molecule has 1 aromatic rings. The monoisotopic (exact) mass is 348 g/mol. The van der Waals surface area contributed by atoms with Gasteiger partial charge in [-0.05, 0) is 41.5 Å². The second kappa shape index (κ2) is 9.52. The molecule has 0 aromatic carbocycles. The molecule has 0 saturated carbocycles. The van der Waals surface area contributed by atoms with Gasteiger partial charge in [0.05, 0.1) is 18.3 Å². The maximum absolute atomic E-state index is 12.1. The fraction of sp³-hybridized carbons (Fsp3) is 0.667. The molecule has 0 radical (unpaired) electrons. The zero-order chi connectivity index (χ0) is 16.9. The van der Waals surface area contributed by atoms with Crippen LogP contribution >= 0.6 is 12.4 Å². The molecule has 1 N–H and O–H groups in total. The van der Waals surface area contributed by atoms with Crippen molar-refractivity contribution in [2.45, 2.75) is 66.5 Å². The first-order chi connectivity index (χ1) is 10.2. The number of ether oxygens (including phenoxy) is 3. The van der Waals surface area contributed by atoms with Gasteiger partial charge in [0.15, 0.2) is 11.4 Å². The maximum Gasteiger partial charge on any atom is 0.359 e. The van der Waals surface area contributed by atoms with E-state index in [1.807, 2.05) is 13.8 Å². The van der Waals surface area contributed by atoms with Crippen LogP contribution in [0.25, 0.3) is 0 Å². The number of hydrogen-bond acceptors (Lipinski definition) is 6. The number of nitrogens with zero attached hydrogens (tertiary/aromatic N) is 1. The fourth-order valence-corrected chi connectivity index (χ4v) is 1.57. The van der Waals surface area contributed by atoms with Gasteiger partial charge in [-0.25, -0.2) is 14.6 Å². The molecule has 8 heteroatoms. The number of imidazole rings is 1. The molecule has 0 spiro atoms. The molecule has 0 unspecified atom stereocenters. The third kappa shape index (κ3) is 7.00. The molecule has 0 atom stereocenters. The van der Waals surface area contributed by atoms with Gasteiger partial charge in [-0.15, -0.1) is 12.4 Å². The first kappa shape index (κ1) is 21.4. The third-order valence-corrected chi connectivity index (χ3v) is 2.39. The minimum absolute atomic E-state index is 0. The number of carbonyl (C=O) groups excluding carboxylic acids is 2. The average molecular weight is 349 g/mol. The van der Waals surface area contributed by atoms with E-state index in [0.717, 1.165) is 0 Å². The Kier molecular flexibility index (Phi) is 8.86. The number of hydrogen-bond donors (Lipinski definition) is 1. The van der Waals surface area contributed by atoms with E-state index >= 15 is 0 Å². The number of H-pyrrole nitrogens is 1. The minimum Gasteiger partial charge on any atom is -0.458 e. The number of nitrogens with one attached hydrogen (secondary N) is 1. The predicted octanol–water partition coefficient (Wildman–Crippen LogP) is 2.89. The van der Waals surface area contributed by atoms with E-state index in [-0.39, 0.29) is 48.7 Å². The number of rotatable bonds is 7. The fourth-order valence-electron chi connectivity index (χ4n) is 1.57. The first-order valence-corrected chi connectivity index (χ1v) is 7.33. The summed E-state index contributed by atoms with van der Waals surface area (Å²) in [4.78, 5) is 31.0. The molecule has 0 saturated heterocycles. The summed E-state index contributed by atoms with van der Waals surface area (Å²) in [7, 11) is 0. The first-order valence-electron chi connectivity index (χ1n) is 7.33. The Balaban J connectivity index is 0.00000484. The standard InChI is InChI=1S/C15H24N2O5.ClH/c1-8(2)20-7-11-16-12(14(18)21-9(3)4)13(17-11)15(19)22-10(5)6;/h8-10H,7H2,1-6H3,(H,16,17);1H. The van der Waals surface area contributed by atoms with Crippen molar-refractivity contribution in [1.82, 2.24) is 9.97 Å². The zero-order valence-electron chi connectivity index (χ0n) is 14.3. The summed E-state index contributed by atoms with van der Waals surface area (Å²) in [6, 6.07) is 0. The summed E-state index contributed by atoms with van der Waals surface area (Å²) in [5, 5.41) is 0. The van der Waals surface area contributed by atoms with Crippen LogP contribution in [0.3, 0.4) is 0 Å². The molecule has 0 amide bonds. The van der Waals surface area contributed by atoms with E-state index in [1.54, 1.807) is 27.7 Å². The van der Waals surface area contributed by atoms with E-state index in [2.05, 4.69) is 9.97 Å². The van der Waals surface area contributed by atoms with E-state index in [0.29, 0.717) is 5.82 Å². The quantitative estimate of drug-likeness (QED) is 0.762. The average Bonchev–Trinajstić information content (AvgIpc) is 2.79. The van der Waals surface area contributed by atoms with Crippen molar-refractivity contribution in [1.29, 1.82) is 0 Å². The second-order valence-corrected chi connectivity index (χ2v) is 5.67. The Bertz CT molecular complexity index is 486. The predicted molar refractivity (Wildman–Crippen MR) is 86.9 cm³/mol. The van der Waals surface area contributed by atoms with Gasteiger partial charge in [0.1, 0.15) is 12.4 Å². The smallest absolute Gasteiger partial charge is 0.359 e. The van der Waals surface area contributed by atoms with Gasteiger partial charge in [-0.2, -0.15) is 0 Å². The highest BCUT2D eigenvalue weighted by molar-refractivity contribution is 6.00. The summed E-state index contributed by atoms with van der Waals surface area (Å²) in [6.07, 6.45) is -0.615. The van der Waals surface area contributed by atoms with Crippen LogP contribution < -0.4 is 0 Å².